The number of nitrogens with zero attached hydrogens (tertiary/aromatic N) is 2. The zero-order valence-electron chi connectivity index (χ0n) is 11.8. The van der Waals surface area contributed by atoms with Gasteiger partial charge in [0.1, 0.15) is 11.3 Å². The van der Waals surface area contributed by atoms with Crippen molar-refractivity contribution < 1.29 is 8.94 Å². The highest BCUT2D eigenvalue weighted by Crippen LogP contribution is 2.38. The highest BCUT2D eigenvalue weighted by atomic mass is 32.1. The fourth-order valence-electron chi connectivity index (χ4n) is 2.71. The Morgan fingerprint density at radius 3 is 2.83 bits per heavy atom. The summed E-state index contributed by atoms with van der Waals surface area (Å²) < 4.78 is 12.4. The Hall–Kier alpha value is -2.92. The van der Waals surface area contributed by atoms with Crippen LogP contribution in [0.5, 0.6) is 0 Å². The fourth-order valence-corrected chi connectivity index (χ4v) is 3.55. The van der Waals surface area contributed by atoms with Crippen molar-refractivity contribution in [2.24, 2.45) is 0 Å². The van der Waals surface area contributed by atoms with Crippen LogP contribution in [0.4, 0.5) is 0 Å². The van der Waals surface area contributed by atoms with Gasteiger partial charge in [0.25, 0.3) is 0 Å². The molecule has 0 aliphatic rings. The van der Waals surface area contributed by atoms with E-state index >= 15 is 0 Å². The number of rotatable bonds is 2. The smallest absolute Gasteiger partial charge is 0.230 e. The predicted octanol–water partition coefficient (Wildman–Crippen LogP) is 5.16. The molecule has 1 radical (unpaired) electrons. The molecule has 3 aromatic heterocycles. The topological polar surface area (TPSA) is 52.1 Å². The normalized spacial score (nSPS) is 11.5. The van der Waals surface area contributed by atoms with Crippen LogP contribution in [0.3, 0.4) is 0 Å². The molecule has 0 N–H and O–H groups in total. The highest BCUT2D eigenvalue weighted by Gasteiger charge is 2.21. The Bertz CT molecular complexity index is 1100. The average molecular weight is 317 g/mol. The first-order valence-corrected chi connectivity index (χ1v) is 7.93. The number of aromatic nitrogens is 2. The molecule has 0 saturated heterocycles. The van der Waals surface area contributed by atoms with Crippen LogP contribution >= 0.6 is 11.3 Å². The van der Waals surface area contributed by atoms with Gasteiger partial charge in [-0.2, -0.15) is 0 Å². The molecule has 0 bridgehead atoms. The van der Waals surface area contributed by atoms with E-state index in [0.717, 1.165) is 26.6 Å². The first-order valence-electron chi connectivity index (χ1n) is 7.11. The summed E-state index contributed by atoms with van der Waals surface area (Å²) in [5.74, 6) is 1.15. The molecular formula is C18H9N2O2S. The van der Waals surface area contributed by atoms with E-state index in [1.165, 1.54) is 0 Å². The van der Waals surface area contributed by atoms with Crippen molar-refractivity contribution in [2.45, 2.75) is 0 Å². The van der Waals surface area contributed by atoms with Crippen molar-refractivity contribution >= 4 is 32.4 Å². The Balaban J connectivity index is 1.73. The van der Waals surface area contributed by atoms with Gasteiger partial charge < -0.3 is 8.94 Å². The maximum absolute atomic E-state index is 5.88. The number of thiophene rings is 1. The Morgan fingerprint density at radius 2 is 1.87 bits per heavy atom. The first kappa shape index (κ1) is 12.6. The van der Waals surface area contributed by atoms with Crippen LogP contribution in [-0.4, -0.2) is 10.4 Å². The minimum Gasteiger partial charge on any atom is -0.453 e. The molecule has 4 nitrogen and oxygen atoms in total. The Kier molecular flexibility index (Phi) is 2.63. The number of hydrogen-bond acceptors (Lipinski definition) is 5. The third-order valence-corrected chi connectivity index (χ3v) is 4.68. The molecule has 0 saturated carbocycles. The van der Waals surface area contributed by atoms with E-state index in [2.05, 4.69) is 27.9 Å². The van der Waals surface area contributed by atoms with Crippen LogP contribution in [0.1, 0.15) is 0 Å². The fraction of sp³-hybridized carbons (Fsp3) is 0. The molecule has 0 unspecified atom stereocenters. The second-order valence-corrected chi connectivity index (χ2v) is 6.02. The lowest BCUT2D eigenvalue weighted by atomic mass is 10.1. The van der Waals surface area contributed by atoms with Crippen LogP contribution in [0.2, 0.25) is 0 Å². The van der Waals surface area contributed by atoms with Gasteiger partial charge in [-0.3, -0.25) is 0 Å². The number of fused-ring (bicyclic) bond motifs is 2. The van der Waals surface area contributed by atoms with E-state index < -0.39 is 0 Å². The van der Waals surface area contributed by atoms with Gasteiger partial charge in [-0.15, -0.1) is 16.4 Å². The van der Waals surface area contributed by atoms with Gasteiger partial charge in [0.05, 0.1) is 5.38 Å². The van der Waals surface area contributed by atoms with E-state index in [4.69, 9.17) is 8.94 Å². The van der Waals surface area contributed by atoms with Gasteiger partial charge in [-0.25, -0.2) is 0 Å². The molecule has 5 heteroatoms. The van der Waals surface area contributed by atoms with E-state index in [-0.39, 0.29) is 0 Å². The molecule has 5 aromatic rings. The van der Waals surface area contributed by atoms with Gasteiger partial charge in [0.2, 0.25) is 5.76 Å². The van der Waals surface area contributed by atoms with Crippen molar-refractivity contribution in [3.8, 4) is 22.8 Å². The van der Waals surface area contributed by atoms with Crippen LogP contribution < -0.4 is 0 Å². The van der Waals surface area contributed by atoms with Crippen LogP contribution in [0.15, 0.2) is 63.5 Å². The lowest BCUT2D eigenvalue weighted by Gasteiger charge is -1.95. The molecule has 0 spiro atoms. The lowest BCUT2D eigenvalue weighted by molar-refractivity contribution is 0.395. The summed E-state index contributed by atoms with van der Waals surface area (Å²) in [6.45, 7) is 0. The standard InChI is InChI=1S/C18H9N2O2S/c1-3-7-14-11(5-1)9-15(21-14)18-17(19-20-22-18)13-10-23-16-8-4-2-6-12(13)16/h1-9H. The maximum Gasteiger partial charge on any atom is 0.230 e. The molecule has 2 aromatic carbocycles. The van der Waals surface area contributed by atoms with Crippen LogP contribution in [0, 0.1) is 5.38 Å². The molecule has 3 heterocycles. The summed E-state index contributed by atoms with van der Waals surface area (Å²) in [6, 6.07) is 17.9. The molecule has 0 amide bonds. The second-order valence-electron chi connectivity index (χ2n) is 5.17. The van der Waals surface area contributed by atoms with Gasteiger partial charge in [-0.1, -0.05) is 36.4 Å². The minimum absolute atomic E-state index is 0.529. The molecule has 5 rings (SSSR count). The van der Waals surface area contributed by atoms with E-state index in [1.54, 1.807) is 11.3 Å². The zero-order chi connectivity index (χ0) is 15.2. The van der Waals surface area contributed by atoms with Crippen molar-refractivity contribution in [3.05, 3.63) is 60.0 Å². The third-order valence-electron chi connectivity index (χ3n) is 3.79. The quantitative estimate of drug-likeness (QED) is 0.451. The SMILES string of the molecule is [c]1sc2ccccc2c1-c1nnoc1-c1cc2ccccc2o1. The van der Waals surface area contributed by atoms with Gasteiger partial charge >= 0.3 is 0 Å². The Morgan fingerprint density at radius 1 is 1.00 bits per heavy atom. The molecule has 0 fully saturated rings. The maximum atomic E-state index is 5.88. The highest BCUT2D eigenvalue weighted by molar-refractivity contribution is 7.17. The summed E-state index contributed by atoms with van der Waals surface area (Å²) in [5, 5.41) is 13.3. The largest absolute Gasteiger partial charge is 0.453 e. The van der Waals surface area contributed by atoms with E-state index in [0.29, 0.717) is 17.2 Å². The summed E-state index contributed by atoms with van der Waals surface area (Å²) in [6.07, 6.45) is 0. The number of hydrogen-bond donors (Lipinski definition) is 0. The molecule has 0 aliphatic heterocycles. The lowest BCUT2D eigenvalue weighted by Crippen LogP contribution is -1.80. The molecule has 109 valence electrons. The van der Waals surface area contributed by atoms with E-state index in [1.807, 2.05) is 42.5 Å². The van der Waals surface area contributed by atoms with Crippen molar-refractivity contribution in [3.63, 3.8) is 0 Å². The molecule has 0 aliphatic carbocycles. The summed E-state index contributed by atoms with van der Waals surface area (Å²) in [5.41, 5.74) is 2.35. The van der Waals surface area contributed by atoms with Crippen LogP contribution in [-0.2, 0) is 0 Å². The van der Waals surface area contributed by atoms with Gasteiger partial charge in [0.15, 0.2) is 5.76 Å². The van der Waals surface area contributed by atoms with Crippen molar-refractivity contribution in [1.29, 1.82) is 0 Å². The average Bonchev–Trinajstić information content (AvgIpc) is 3.30. The second kappa shape index (κ2) is 4.79. The number of para-hydroxylation sites is 1. The predicted molar refractivity (Wildman–Crippen MR) is 89.2 cm³/mol. The molecule has 23 heavy (non-hydrogen) atoms. The summed E-state index contributed by atoms with van der Waals surface area (Å²) in [7, 11) is 0. The molecule has 0 atom stereocenters. The first-order chi connectivity index (χ1) is 11.4. The third kappa shape index (κ3) is 1.90. The number of benzene rings is 2. The molecular weight excluding hydrogens is 308 g/mol. The summed E-state index contributed by atoms with van der Waals surface area (Å²) >= 11 is 1.56. The summed E-state index contributed by atoms with van der Waals surface area (Å²) in [4.78, 5) is 0. The van der Waals surface area contributed by atoms with Crippen molar-refractivity contribution in [1.82, 2.24) is 10.4 Å². The monoisotopic (exact) mass is 317 g/mol. The number of furan rings is 1. The minimum atomic E-state index is 0.529. The Labute approximate surface area is 134 Å². The van der Waals surface area contributed by atoms with Gasteiger partial charge in [-0.05, 0) is 18.2 Å². The zero-order valence-corrected chi connectivity index (χ0v) is 12.6. The van der Waals surface area contributed by atoms with Crippen molar-refractivity contribution in [2.75, 3.05) is 0 Å². The van der Waals surface area contributed by atoms with E-state index in [9.17, 15) is 0 Å². The van der Waals surface area contributed by atoms with Gasteiger partial charge in [0, 0.05) is 26.3 Å². The van der Waals surface area contributed by atoms with Crippen LogP contribution in [0.25, 0.3) is 43.8 Å².